The number of hydrogen-bond acceptors (Lipinski definition) is 4. The Morgan fingerprint density at radius 3 is 2.88 bits per heavy atom. The molecule has 0 aliphatic rings. The lowest BCUT2D eigenvalue weighted by Crippen LogP contribution is -2.26. The molecule has 0 amide bonds. The van der Waals surface area contributed by atoms with E-state index in [1.165, 1.54) is 0 Å². The molecule has 4 heteroatoms. The fourth-order valence-corrected chi connectivity index (χ4v) is 1.51. The lowest BCUT2D eigenvalue weighted by atomic mass is 10.2. The van der Waals surface area contributed by atoms with E-state index in [9.17, 15) is 0 Å². The number of nitrogens with one attached hydrogen (secondary N) is 1. The quantitative estimate of drug-likeness (QED) is 0.674. The maximum Gasteiger partial charge on any atom is 0.120 e. The summed E-state index contributed by atoms with van der Waals surface area (Å²) in [5.41, 5.74) is 0. The molecular formula is C13H23NO3. The number of furan rings is 1. The van der Waals surface area contributed by atoms with Crippen molar-refractivity contribution in [2.45, 2.75) is 32.9 Å². The van der Waals surface area contributed by atoms with Crippen LogP contribution in [0.1, 0.15) is 32.6 Å². The van der Waals surface area contributed by atoms with Gasteiger partial charge in [-0.15, -0.1) is 0 Å². The molecule has 1 aromatic heterocycles. The SMILES string of the molecule is CCOCC(C)OCCNC(C)c1ccco1. The van der Waals surface area contributed by atoms with Gasteiger partial charge in [-0.1, -0.05) is 0 Å². The van der Waals surface area contributed by atoms with Crippen LogP contribution in [0.5, 0.6) is 0 Å². The molecule has 0 saturated heterocycles. The van der Waals surface area contributed by atoms with E-state index in [1.54, 1.807) is 6.26 Å². The maximum atomic E-state index is 5.59. The smallest absolute Gasteiger partial charge is 0.120 e. The van der Waals surface area contributed by atoms with E-state index in [-0.39, 0.29) is 12.1 Å². The first-order chi connectivity index (χ1) is 8.24. The van der Waals surface area contributed by atoms with E-state index < -0.39 is 0 Å². The minimum absolute atomic E-state index is 0.149. The van der Waals surface area contributed by atoms with Crippen molar-refractivity contribution in [3.8, 4) is 0 Å². The van der Waals surface area contributed by atoms with E-state index in [0.717, 1.165) is 18.9 Å². The van der Waals surface area contributed by atoms with E-state index in [0.29, 0.717) is 13.2 Å². The van der Waals surface area contributed by atoms with Crippen molar-refractivity contribution < 1.29 is 13.9 Å². The summed E-state index contributed by atoms with van der Waals surface area (Å²) in [6.45, 7) is 8.96. The molecule has 0 spiro atoms. The van der Waals surface area contributed by atoms with Gasteiger partial charge < -0.3 is 19.2 Å². The second-order valence-corrected chi connectivity index (χ2v) is 4.03. The molecule has 4 nitrogen and oxygen atoms in total. The van der Waals surface area contributed by atoms with Gasteiger partial charge in [-0.3, -0.25) is 0 Å². The summed E-state index contributed by atoms with van der Waals surface area (Å²) in [6, 6.07) is 4.08. The first-order valence-corrected chi connectivity index (χ1v) is 6.20. The molecule has 1 N–H and O–H groups in total. The van der Waals surface area contributed by atoms with Crippen LogP contribution in [-0.2, 0) is 9.47 Å². The van der Waals surface area contributed by atoms with Crippen molar-refractivity contribution in [3.05, 3.63) is 24.2 Å². The Morgan fingerprint density at radius 2 is 2.24 bits per heavy atom. The van der Waals surface area contributed by atoms with Gasteiger partial charge in [0.2, 0.25) is 0 Å². The Labute approximate surface area is 103 Å². The van der Waals surface area contributed by atoms with Crippen molar-refractivity contribution >= 4 is 0 Å². The first kappa shape index (κ1) is 14.2. The van der Waals surface area contributed by atoms with Crippen LogP contribution in [0, 0.1) is 0 Å². The Hall–Kier alpha value is -0.840. The Kier molecular flexibility index (Phi) is 6.93. The average Bonchev–Trinajstić information content (AvgIpc) is 2.85. The standard InChI is InChI=1S/C13H23NO3/c1-4-15-10-11(2)16-9-7-14-12(3)13-6-5-8-17-13/h5-6,8,11-12,14H,4,7,9-10H2,1-3H3. The number of rotatable bonds is 9. The molecule has 0 fully saturated rings. The Balaban J connectivity index is 2.04. The largest absolute Gasteiger partial charge is 0.468 e. The van der Waals surface area contributed by atoms with Gasteiger partial charge >= 0.3 is 0 Å². The zero-order valence-corrected chi connectivity index (χ0v) is 10.9. The maximum absolute atomic E-state index is 5.59. The molecule has 0 bridgehead atoms. The molecule has 1 rings (SSSR count). The van der Waals surface area contributed by atoms with E-state index in [4.69, 9.17) is 13.9 Å². The lowest BCUT2D eigenvalue weighted by Gasteiger charge is -2.15. The summed E-state index contributed by atoms with van der Waals surface area (Å²) in [5, 5.41) is 3.34. The fraction of sp³-hybridized carbons (Fsp3) is 0.692. The third-order valence-corrected chi connectivity index (χ3v) is 2.48. The van der Waals surface area contributed by atoms with Gasteiger partial charge in [0.15, 0.2) is 0 Å². The van der Waals surface area contributed by atoms with Gasteiger partial charge in [0.05, 0.1) is 31.6 Å². The van der Waals surface area contributed by atoms with Gasteiger partial charge in [0.1, 0.15) is 5.76 Å². The molecule has 2 atom stereocenters. The molecule has 1 aromatic rings. The third-order valence-electron chi connectivity index (χ3n) is 2.48. The highest BCUT2D eigenvalue weighted by Crippen LogP contribution is 2.11. The fourth-order valence-electron chi connectivity index (χ4n) is 1.51. The predicted molar refractivity (Wildman–Crippen MR) is 67.0 cm³/mol. The summed E-state index contributed by atoms with van der Waals surface area (Å²) in [5.74, 6) is 0.951. The summed E-state index contributed by atoms with van der Waals surface area (Å²) in [7, 11) is 0. The van der Waals surface area contributed by atoms with Crippen LogP contribution in [0.3, 0.4) is 0 Å². The molecule has 0 aromatic carbocycles. The minimum Gasteiger partial charge on any atom is -0.468 e. The lowest BCUT2D eigenvalue weighted by molar-refractivity contribution is -0.00245. The number of hydrogen-bond donors (Lipinski definition) is 1. The summed E-state index contributed by atoms with van der Waals surface area (Å²) in [4.78, 5) is 0. The second kappa shape index (κ2) is 8.28. The Morgan fingerprint density at radius 1 is 1.41 bits per heavy atom. The molecule has 98 valence electrons. The summed E-state index contributed by atoms with van der Waals surface area (Å²) >= 11 is 0. The average molecular weight is 241 g/mol. The molecule has 0 aliphatic carbocycles. The van der Waals surface area contributed by atoms with E-state index >= 15 is 0 Å². The van der Waals surface area contributed by atoms with E-state index in [1.807, 2.05) is 26.0 Å². The molecule has 0 saturated carbocycles. The van der Waals surface area contributed by atoms with Crippen molar-refractivity contribution in [2.75, 3.05) is 26.4 Å². The molecule has 0 aliphatic heterocycles. The highest BCUT2D eigenvalue weighted by Gasteiger charge is 2.07. The van der Waals surface area contributed by atoms with Crippen LogP contribution in [0.15, 0.2) is 22.8 Å². The highest BCUT2D eigenvalue weighted by atomic mass is 16.5. The van der Waals surface area contributed by atoms with Crippen molar-refractivity contribution in [3.63, 3.8) is 0 Å². The van der Waals surface area contributed by atoms with Gasteiger partial charge in [-0.2, -0.15) is 0 Å². The molecule has 17 heavy (non-hydrogen) atoms. The van der Waals surface area contributed by atoms with Crippen LogP contribution < -0.4 is 5.32 Å². The van der Waals surface area contributed by atoms with Crippen molar-refractivity contribution in [2.24, 2.45) is 0 Å². The van der Waals surface area contributed by atoms with Crippen LogP contribution in [0.25, 0.3) is 0 Å². The molecular weight excluding hydrogens is 218 g/mol. The van der Waals surface area contributed by atoms with Crippen LogP contribution in [0.4, 0.5) is 0 Å². The second-order valence-electron chi connectivity index (χ2n) is 4.03. The zero-order chi connectivity index (χ0) is 12.5. The van der Waals surface area contributed by atoms with Crippen molar-refractivity contribution in [1.29, 1.82) is 0 Å². The predicted octanol–water partition coefficient (Wildman–Crippen LogP) is 2.37. The molecule has 0 radical (unpaired) electrons. The monoisotopic (exact) mass is 241 g/mol. The van der Waals surface area contributed by atoms with Crippen LogP contribution in [-0.4, -0.2) is 32.5 Å². The van der Waals surface area contributed by atoms with Gasteiger partial charge in [-0.05, 0) is 32.9 Å². The summed E-state index contributed by atoms with van der Waals surface area (Å²) in [6.07, 6.45) is 1.84. The van der Waals surface area contributed by atoms with Gasteiger partial charge in [0, 0.05) is 13.2 Å². The highest BCUT2D eigenvalue weighted by molar-refractivity contribution is 5.02. The summed E-state index contributed by atoms with van der Waals surface area (Å²) < 4.78 is 16.2. The minimum atomic E-state index is 0.149. The van der Waals surface area contributed by atoms with Gasteiger partial charge in [-0.25, -0.2) is 0 Å². The number of ether oxygens (including phenoxy) is 2. The van der Waals surface area contributed by atoms with Crippen molar-refractivity contribution in [1.82, 2.24) is 5.32 Å². The molecule has 2 unspecified atom stereocenters. The van der Waals surface area contributed by atoms with Gasteiger partial charge in [0.25, 0.3) is 0 Å². The van der Waals surface area contributed by atoms with E-state index in [2.05, 4.69) is 12.2 Å². The molecule has 1 heterocycles. The first-order valence-electron chi connectivity index (χ1n) is 6.20. The normalized spacial score (nSPS) is 14.8. The Bertz CT molecular complexity index is 274. The zero-order valence-electron chi connectivity index (χ0n) is 10.9. The topological polar surface area (TPSA) is 43.6 Å². The van der Waals surface area contributed by atoms with Crippen LogP contribution >= 0.6 is 0 Å². The third kappa shape index (κ3) is 5.86. The van der Waals surface area contributed by atoms with Crippen LogP contribution in [0.2, 0.25) is 0 Å².